The van der Waals surface area contributed by atoms with E-state index in [0.29, 0.717) is 11.8 Å². The number of oxime groups is 1. The van der Waals surface area contributed by atoms with Gasteiger partial charge in [0.25, 0.3) is 0 Å². The van der Waals surface area contributed by atoms with E-state index in [1.165, 1.54) is 0 Å². The SMILES string of the molecule is Nc1nc(CO/N=C\c2ccccc2)nc(Nc2ccccc2)n1. The van der Waals surface area contributed by atoms with Crippen LogP contribution in [0.2, 0.25) is 0 Å². The van der Waals surface area contributed by atoms with Crippen molar-refractivity contribution in [3.8, 4) is 0 Å². The largest absolute Gasteiger partial charge is 0.388 e. The van der Waals surface area contributed by atoms with Crippen molar-refractivity contribution in [2.75, 3.05) is 11.1 Å². The fraction of sp³-hybridized carbons (Fsp3) is 0.0588. The molecule has 120 valence electrons. The summed E-state index contributed by atoms with van der Waals surface area (Å²) in [7, 11) is 0. The smallest absolute Gasteiger partial charge is 0.232 e. The number of para-hydroxylation sites is 1. The zero-order valence-electron chi connectivity index (χ0n) is 12.8. The molecule has 1 heterocycles. The lowest BCUT2D eigenvalue weighted by Gasteiger charge is -2.06. The lowest BCUT2D eigenvalue weighted by Crippen LogP contribution is -2.07. The van der Waals surface area contributed by atoms with Gasteiger partial charge in [-0.15, -0.1) is 0 Å². The second kappa shape index (κ2) is 7.68. The van der Waals surface area contributed by atoms with Gasteiger partial charge < -0.3 is 15.9 Å². The van der Waals surface area contributed by atoms with Gasteiger partial charge in [0, 0.05) is 5.69 Å². The second-order valence-corrected chi connectivity index (χ2v) is 4.84. The van der Waals surface area contributed by atoms with Crippen molar-refractivity contribution in [1.29, 1.82) is 0 Å². The Balaban J connectivity index is 1.62. The van der Waals surface area contributed by atoms with Crippen LogP contribution in [-0.4, -0.2) is 21.2 Å². The molecule has 0 aliphatic heterocycles. The van der Waals surface area contributed by atoms with Gasteiger partial charge in [-0.25, -0.2) is 0 Å². The third-order valence-electron chi connectivity index (χ3n) is 3.00. The first kappa shape index (κ1) is 15.4. The molecule has 0 amide bonds. The summed E-state index contributed by atoms with van der Waals surface area (Å²) in [4.78, 5) is 17.6. The first-order valence-corrected chi connectivity index (χ1v) is 7.32. The molecule has 7 nitrogen and oxygen atoms in total. The molecule has 2 aromatic carbocycles. The Labute approximate surface area is 139 Å². The van der Waals surface area contributed by atoms with Crippen molar-refractivity contribution < 1.29 is 4.84 Å². The summed E-state index contributed by atoms with van der Waals surface area (Å²) in [5.74, 6) is 0.875. The Morgan fingerprint density at radius 1 is 0.958 bits per heavy atom. The van der Waals surface area contributed by atoms with Crippen LogP contribution in [0.5, 0.6) is 0 Å². The molecule has 24 heavy (non-hydrogen) atoms. The third-order valence-corrected chi connectivity index (χ3v) is 3.00. The van der Waals surface area contributed by atoms with E-state index in [0.717, 1.165) is 11.3 Å². The molecule has 0 unspecified atom stereocenters. The highest BCUT2D eigenvalue weighted by Gasteiger charge is 2.05. The number of nitrogens with two attached hydrogens (primary N) is 1. The molecule has 0 aliphatic carbocycles. The topological polar surface area (TPSA) is 98.3 Å². The molecule has 7 heteroatoms. The van der Waals surface area contributed by atoms with Crippen LogP contribution in [-0.2, 0) is 11.4 Å². The second-order valence-electron chi connectivity index (χ2n) is 4.84. The maximum Gasteiger partial charge on any atom is 0.232 e. The van der Waals surface area contributed by atoms with Crippen LogP contribution >= 0.6 is 0 Å². The molecule has 3 rings (SSSR count). The number of aromatic nitrogens is 3. The standard InChI is InChI=1S/C17H16N6O/c18-16-21-15(12-24-19-11-13-7-3-1-4-8-13)22-17(23-16)20-14-9-5-2-6-10-14/h1-11H,12H2,(H3,18,20,21,22,23)/b19-11-. The maximum atomic E-state index is 5.71. The molecule has 3 N–H and O–H groups in total. The van der Waals surface area contributed by atoms with Crippen molar-refractivity contribution in [3.05, 3.63) is 72.1 Å². The first-order chi connectivity index (χ1) is 11.8. The molecule has 0 radical (unpaired) electrons. The summed E-state index contributed by atoms with van der Waals surface area (Å²) < 4.78 is 0. The quantitative estimate of drug-likeness (QED) is 0.535. The number of rotatable bonds is 6. The van der Waals surface area contributed by atoms with E-state index in [1.807, 2.05) is 60.7 Å². The normalized spacial score (nSPS) is 10.7. The predicted octanol–water partition coefficient (Wildman–Crippen LogP) is 2.75. The van der Waals surface area contributed by atoms with Gasteiger partial charge in [-0.1, -0.05) is 53.7 Å². The number of anilines is 3. The Kier molecular flexibility index (Phi) is 4.94. The number of benzene rings is 2. The molecule has 0 saturated carbocycles. The Morgan fingerprint density at radius 2 is 1.67 bits per heavy atom. The van der Waals surface area contributed by atoms with Gasteiger partial charge in [-0.3, -0.25) is 0 Å². The van der Waals surface area contributed by atoms with Gasteiger partial charge in [0.05, 0.1) is 6.21 Å². The van der Waals surface area contributed by atoms with E-state index >= 15 is 0 Å². The van der Waals surface area contributed by atoms with Crippen LogP contribution in [0.1, 0.15) is 11.4 Å². The minimum Gasteiger partial charge on any atom is -0.388 e. The summed E-state index contributed by atoms with van der Waals surface area (Å²) >= 11 is 0. The molecular weight excluding hydrogens is 304 g/mol. The minimum atomic E-state index is 0.0967. The summed E-state index contributed by atoms with van der Waals surface area (Å²) in [6.07, 6.45) is 1.62. The van der Waals surface area contributed by atoms with Crippen LogP contribution in [0, 0.1) is 0 Å². The molecule has 0 atom stereocenters. The van der Waals surface area contributed by atoms with E-state index in [4.69, 9.17) is 10.6 Å². The van der Waals surface area contributed by atoms with E-state index in [2.05, 4.69) is 25.4 Å². The van der Waals surface area contributed by atoms with Gasteiger partial charge >= 0.3 is 0 Å². The Morgan fingerprint density at radius 3 is 2.42 bits per heavy atom. The van der Waals surface area contributed by atoms with Gasteiger partial charge in [0.1, 0.15) is 0 Å². The van der Waals surface area contributed by atoms with Crippen LogP contribution < -0.4 is 11.1 Å². The summed E-state index contributed by atoms with van der Waals surface area (Å²) in [5, 5.41) is 6.96. The average molecular weight is 320 g/mol. The summed E-state index contributed by atoms with van der Waals surface area (Å²) in [6, 6.07) is 19.2. The zero-order chi connectivity index (χ0) is 16.6. The van der Waals surface area contributed by atoms with Gasteiger partial charge in [-0.2, -0.15) is 15.0 Å². The lowest BCUT2D eigenvalue weighted by atomic mass is 10.2. The van der Waals surface area contributed by atoms with Crippen LogP contribution in [0.4, 0.5) is 17.6 Å². The van der Waals surface area contributed by atoms with Crippen molar-refractivity contribution >= 4 is 23.8 Å². The fourth-order valence-electron chi connectivity index (χ4n) is 1.94. The summed E-state index contributed by atoms with van der Waals surface area (Å²) in [6.45, 7) is 0.0967. The van der Waals surface area contributed by atoms with Crippen LogP contribution in [0.25, 0.3) is 0 Å². The molecule has 0 aliphatic rings. The third kappa shape index (κ3) is 4.51. The predicted molar refractivity (Wildman–Crippen MR) is 92.8 cm³/mol. The minimum absolute atomic E-state index is 0.0967. The highest BCUT2D eigenvalue weighted by atomic mass is 16.6. The van der Waals surface area contributed by atoms with E-state index < -0.39 is 0 Å². The van der Waals surface area contributed by atoms with E-state index in [1.54, 1.807) is 6.21 Å². The van der Waals surface area contributed by atoms with Gasteiger partial charge in [0.15, 0.2) is 12.4 Å². The van der Waals surface area contributed by atoms with E-state index in [-0.39, 0.29) is 12.6 Å². The average Bonchev–Trinajstić information content (AvgIpc) is 2.60. The molecule has 3 aromatic rings. The molecule has 0 spiro atoms. The van der Waals surface area contributed by atoms with Crippen molar-refractivity contribution in [3.63, 3.8) is 0 Å². The maximum absolute atomic E-state index is 5.71. The Hall–Kier alpha value is -3.48. The first-order valence-electron chi connectivity index (χ1n) is 7.32. The summed E-state index contributed by atoms with van der Waals surface area (Å²) in [5.41, 5.74) is 7.51. The molecule has 0 bridgehead atoms. The van der Waals surface area contributed by atoms with Crippen molar-refractivity contribution in [2.45, 2.75) is 6.61 Å². The van der Waals surface area contributed by atoms with Crippen LogP contribution in [0.3, 0.4) is 0 Å². The van der Waals surface area contributed by atoms with Crippen molar-refractivity contribution in [2.24, 2.45) is 5.16 Å². The van der Waals surface area contributed by atoms with Gasteiger partial charge in [0.2, 0.25) is 11.9 Å². The Bertz CT molecular complexity index is 808. The molecule has 1 aromatic heterocycles. The van der Waals surface area contributed by atoms with Crippen LogP contribution in [0.15, 0.2) is 65.8 Å². The number of nitrogens with one attached hydrogen (secondary N) is 1. The fourth-order valence-corrected chi connectivity index (χ4v) is 1.94. The number of hydrogen-bond acceptors (Lipinski definition) is 7. The lowest BCUT2D eigenvalue weighted by molar-refractivity contribution is 0.126. The number of nitrogen functional groups attached to an aromatic ring is 1. The van der Waals surface area contributed by atoms with Gasteiger partial charge in [-0.05, 0) is 17.7 Å². The monoisotopic (exact) mass is 320 g/mol. The highest BCUT2D eigenvalue weighted by molar-refractivity contribution is 5.78. The molecular formula is C17H16N6O. The molecule has 0 fully saturated rings. The number of nitrogens with zero attached hydrogens (tertiary/aromatic N) is 4. The number of hydrogen-bond donors (Lipinski definition) is 2. The molecule has 0 saturated heterocycles. The zero-order valence-corrected chi connectivity index (χ0v) is 12.8. The highest BCUT2D eigenvalue weighted by Crippen LogP contribution is 2.12. The van der Waals surface area contributed by atoms with Crippen molar-refractivity contribution in [1.82, 2.24) is 15.0 Å². The van der Waals surface area contributed by atoms with E-state index in [9.17, 15) is 0 Å².